The Hall–Kier alpha value is -2.67. The molecule has 1 saturated heterocycles. The normalized spacial score (nSPS) is 27.9. The summed E-state index contributed by atoms with van der Waals surface area (Å²) in [6.07, 6.45) is 8.54. The Morgan fingerprint density at radius 1 is 1.10 bits per heavy atom. The predicted octanol–water partition coefficient (Wildman–Crippen LogP) is 8.28. The van der Waals surface area contributed by atoms with Gasteiger partial charge in [0.05, 0.1) is 11.0 Å². The SMILES string of the molecule is CCCCCCC1(C(=O)NCc2cc(F)cc(C(F)(F)F)c2)CCC(N2CC[C@]3(C=Cc4ccccc43)[C@@H](C)C2)C1. The number of halogens is 4. The zero-order valence-corrected chi connectivity index (χ0v) is 24.2. The number of carbonyl (C=O) groups excluding carboxylic acids is 1. The van der Waals surface area contributed by atoms with Gasteiger partial charge in [0.25, 0.3) is 0 Å². The summed E-state index contributed by atoms with van der Waals surface area (Å²) in [5, 5.41) is 2.91. The van der Waals surface area contributed by atoms with E-state index in [1.54, 1.807) is 0 Å². The highest BCUT2D eigenvalue weighted by Gasteiger charge is 2.49. The largest absolute Gasteiger partial charge is 0.416 e. The van der Waals surface area contributed by atoms with Crippen LogP contribution in [-0.2, 0) is 22.9 Å². The molecule has 2 unspecified atom stereocenters. The average molecular weight is 571 g/mol. The third-order valence-electron chi connectivity index (χ3n) is 10.1. The monoisotopic (exact) mass is 570 g/mol. The van der Waals surface area contributed by atoms with Crippen LogP contribution >= 0.6 is 0 Å². The second kappa shape index (κ2) is 11.9. The third-order valence-corrected chi connectivity index (χ3v) is 10.1. The van der Waals surface area contributed by atoms with Gasteiger partial charge in [-0.05, 0) is 79.5 Å². The zero-order chi connectivity index (χ0) is 29.3. The van der Waals surface area contributed by atoms with Crippen molar-refractivity contribution < 1.29 is 22.4 Å². The highest BCUT2D eigenvalue weighted by molar-refractivity contribution is 5.83. The number of likely N-dealkylation sites (tertiary alicyclic amines) is 1. The van der Waals surface area contributed by atoms with E-state index in [-0.39, 0.29) is 23.4 Å². The molecule has 2 aromatic carbocycles. The number of allylic oxidation sites excluding steroid dienone is 1. The lowest BCUT2D eigenvalue weighted by molar-refractivity contribution is -0.137. The number of hydrogen-bond donors (Lipinski definition) is 1. The zero-order valence-electron chi connectivity index (χ0n) is 24.2. The van der Waals surface area contributed by atoms with E-state index in [0.29, 0.717) is 18.0 Å². The van der Waals surface area contributed by atoms with Crippen LogP contribution in [0.5, 0.6) is 0 Å². The van der Waals surface area contributed by atoms with Crippen LogP contribution in [0.25, 0.3) is 6.08 Å². The molecule has 2 fully saturated rings. The van der Waals surface area contributed by atoms with Gasteiger partial charge in [-0.2, -0.15) is 13.2 Å². The number of piperidine rings is 1. The minimum absolute atomic E-state index is 0.0700. The summed E-state index contributed by atoms with van der Waals surface area (Å²) < 4.78 is 53.6. The van der Waals surface area contributed by atoms with Crippen LogP contribution in [0.2, 0.25) is 0 Å². The van der Waals surface area contributed by atoms with Crippen molar-refractivity contribution >= 4 is 12.0 Å². The summed E-state index contributed by atoms with van der Waals surface area (Å²) in [5.74, 6) is -0.611. The second-order valence-electron chi connectivity index (χ2n) is 12.6. The minimum Gasteiger partial charge on any atom is -0.352 e. The number of unbranched alkanes of at least 4 members (excludes halogenated alkanes) is 3. The van der Waals surface area contributed by atoms with Crippen molar-refractivity contribution in [3.63, 3.8) is 0 Å². The molecule has 1 aliphatic heterocycles. The fourth-order valence-corrected chi connectivity index (χ4v) is 7.69. The number of carbonyl (C=O) groups is 1. The van der Waals surface area contributed by atoms with Gasteiger partial charge in [-0.25, -0.2) is 4.39 Å². The van der Waals surface area contributed by atoms with Gasteiger partial charge in [-0.3, -0.25) is 9.69 Å². The topological polar surface area (TPSA) is 32.3 Å². The number of amides is 1. The smallest absolute Gasteiger partial charge is 0.352 e. The van der Waals surface area contributed by atoms with Gasteiger partial charge in [-0.15, -0.1) is 0 Å². The first-order chi connectivity index (χ1) is 19.6. The van der Waals surface area contributed by atoms with E-state index in [0.717, 1.165) is 83.0 Å². The third kappa shape index (κ3) is 6.11. The molecule has 2 aliphatic carbocycles. The molecule has 3 aliphatic rings. The Morgan fingerprint density at radius 2 is 1.90 bits per heavy atom. The fraction of sp³-hybridized carbons (Fsp3) is 0.559. The Labute approximate surface area is 241 Å². The van der Waals surface area contributed by atoms with Gasteiger partial charge in [0.2, 0.25) is 5.91 Å². The van der Waals surface area contributed by atoms with E-state index >= 15 is 0 Å². The number of fused-ring (bicyclic) bond motifs is 2. The van der Waals surface area contributed by atoms with Gasteiger partial charge in [0.15, 0.2) is 0 Å². The Balaban J connectivity index is 1.27. The number of nitrogens with zero attached hydrogens (tertiary/aromatic N) is 1. The maximum atomic E-state index is 14.0. The van der Waals surface area contributed by atoms with Gasteiger partial charge in [0, 0.05) is 24.5 Å². The lowest BCUT2D eigenvalue weighted by atomic mass is 9.67. The van der Waals surface area contributed by atoms with E-state index in [4.69, 9.17) is 0 Å². The molecule has 1 amide bonds. The maximum absolute atomic E-state index is 14.0. The van der Waals surface area contributed by atoms with Crippen LogP contribution in [0.15, 0.2) is 48.5 Å². The van der Waals surface area contributed by atoms with Crippen molar-refractivity contribution in [3.8, 4) is 0 Å². The van der Waals surface area contributed by atoms with Crippen LogP contribution in [0.1, 0.15) is 93.9 Å². The standard InChI is InChI=1S/C34H42F4N2O/c1-3-4-5-8-13-32(31(41)39-22-25-18-27(34(36,37)38)20-28(35)19-25)14-12-29(21-32)40-17-16-33(24(2)23-40)15-11-26-9-6-7-10-30(26)33/h6-7,9-11,15,18-20,24,29H,3-5,8,12-14,16-17,21-23H2,1-2H3,(H,39,41)/t24-,29?,32?,33+/m0/s1. The van der Waals surface area contributed by atoms with E-state index in [2.05, 4.69) is 60.5 Å². The first-order valence-electron chi connectivity index (χ1n) is 15.2. The highest BCUT2D eigenvalue weighted by Crippen LogP contribution is 2.50. The van der Waals surface area contributed by atoms with Crippen molar-refractivity contribution in [2.45, 2.75) is 95.8 Å². The van der Waals surface area contributed by atoms with Crippen molar-refractivity contribution in [2.75, 3.05) is 13.1 Å². The van der Waals surface area contributed by atoms with Crippen LogP contribution in [0, 0.1) is 17.2 Å². The average Bonchev–Trinajstić information content (AvgIpc) is 3.54. The molecule has 1 spiro atoms. The Morgan fingerprint density at radius 3 is 2.66 bits per heavy atom. The molecule has 0 bridgehead atoms. The molecule has 5 rings (SSSR count). The molecule has 0 aromatic heterocycles. The lowest BCUT2D eigenvalue weighted by Gasteiger charge is -2.46. The Bertz CT molecular complexity index is 1270. The van der Waals surface area contributed by atoms with Gasteiger partial charge in [-0.1, -0.05) is 75.9 Å². The van der Waals surface area contributed by atoms with Crippen molar-refractivity contribution in [1.29, 1.82) is 0 Å². The van der Waals surface area contributed by atoms with E-state index in [9.17, 15) is 22.4 Å². The molecule has 4 atom stereocenters. The predicted molar refractivity (Wildman–Crippen MR) is 155 cm³/mol. The fourth-order valence-electron chi connectivity index (χ4n) is 7.69. The van der Waals surface area contributed by atoms with Gasteiger partial charge in [0.1, 0.15) is 5.82 Å². The number of alkyl halides is 3. The second-order valence-corrected chi connectivity index (χ2v) is 12.6. The van der Waals surface area contributed by atoms with Crippen LogP contribution in [0.3, 0.4) is 0 Å². The quantitative estimate of drug-likeness (QED) is 0.243. The van der Waals surface area contributed by atoms with Gasteiger partial charge < -0.3 is 5.32 Å². The van der Waals surface area contributed by atoms with E-state index in [1.165, 1.54) is 11.1 Å². The van der Waals surface area contributed by atoms with E-state index < -0.39 is 23.0 Å². The Kier molecular flexibility index (Phi) is 8.66. The van der Waals surface area contributed by atoms with Gasteiger partial charge >= 0.3 is 6.18 Å². The first-order valence-corrected chi connectivity index (χ1v) is 15.2. The molecule has 1 N–H and O–H groups in total. The molecule has 3 nitrogen and oxygen atoms in total. The number of benzene rings is 2. The summed E-state index contributed by atoms with van der Waals surface area (Å²) in [4.78, 5) is 16.3. The number of nitrogens with one attached hydrogen (secondary N) is 1. The summed E-state index contributed by atoms with van der Waals surface area (Å²) in [5.41, 5.74) is 1.36. The van der Waals surface area contributed by atoms with E-state index in [1.807, 2.05) is 0 Å². The summed E-state index contributed by atoms with van der Waals surface area (Å²) in [6.45, 7) is 6.33. The molecule has 1 saturated carbocycles. The number of hydrogen-bond acceptors (Lipinski definition) is 2. The molecule has 0 radical (unpaired) electrons. The molecule has 2 aromatic rings. The molecular formula is C34H42F4N2O. The molecule has 222 valence electrons. The van der Waals surface area contributed by atoms with Crippen molar-refractivity contribution in [3.05, 3.63) is 76.6 Å². The molecule has 41 heavy (non-hydrogen) atoms. The summed E-state index contributed by atoms with van der Waals surface area (Å²) >= 11 is 0. The minimum atomic E-state index is -4.64. The lowest BCUT2D eigenvalue weighted by Crippen LogP contribution is -2.51. The van der Waals surface area contributed by atoms with Crippen LogP contribution in [-0.4, -0.2) is 29.9 Å². The highest BCUT2D eigenvalue weighted by atomic mass is 19.4. The first kappa shape index (κ1) is 29.8. The van der Waals surface area contributed by atoms with Crippen LogP contribution in [0.4, 0.5) is 17.6 Å². The summed E-state index contributed by atoms with van der Waals surface area (Å²) in [6, 6.07) is 11.5. The maximum Gasteiger partial charge on any atom is 0.416 e. The summed E-state index contributed by atoms with van der Waals surface area (Å²) in [7, 11) is 0. The van der Waals surface area contributed by atoms with Crippen LogP contribution < -0.4 is 5.32 Å². The molecular weight excluding hydrogens is 528 g/mol. The molecule has 1 heterocycles. The number of rotatable bonds is 9. The molecule has 7 heteroatoms. The van der Waals surface area contributed by atoms with Crippen molar-refractivity contribution in [1.82, 2.24) is 10.2 Å². The van der Waals surface area contributed by atoms with Crippen molar-refractivity contribution in [2.24, 2.45) is 11.3 Å².